The van der Waals surface area contributed by atoms with E-state index < -0.39 is 12.1 Å². The zero-order valence-electron chi connectivity index (χ0n) is 11.5. The van der Waals surface area contributed by atoms with Gasteiger partial charge in [0.05, 0.1) is 11.4 Å². The molecule has 0 bridgehead atoms. The molecule has 2 amide bonds. The second-order valence-corrected chi connectivity index (χ2v) is 5.12. The average Bonchev–Trinajstić information content (AvgIpc) is 3.10. The lowest BCUT2D eigenvalue weighted by Gasteiger charge is -2.20. The molecule has 0 spiro atoms. The molecule has 2 aromatic carbocycles. The normalized spacial score (nSPS) is 23.3. The Morgan fingerprint density at radius 1 is 0.773 bits per heavy atom. The van der Waals surface area contributed by atoms with E-state index >= 15 is 0 Å². The third-order valence-electron chi connectivity index (χ3n) is 3.82. The number of benzene rings is 2. The third kappa shape index (κ3) is 1.74. The van der Waals surface area contributed by atoms with Crippen LogP contribution in [0.5, 0.6) is 0 Å². The molecular weight excluding hydrogens is 280 g/mol. The maximum Gasteiger partial charge on any atom is 0.263 e. The number of hydrogen-bond acceptors (Lipinski definition) is 5. The largest absolute Gasteiger partial charge is 0.271 e. The summed E-state index contributed by atoms with van der Waals surface area (Å²) in [5, 5.41) is 9.53. The van der Waals surface area contributed by atoms with Crippen LogP contribution in [0.4, 0.5) is 11.4 Å². The predicted molar refractivity (Wildman–Crippen MR) is 80.3 cm³/mol. The molecule has 0 unspecified atom stereocenters. The highest BCUT2D eigenvalue weighted by molar-refractivity contribution is 6.26. The molecule has 108 valence electrons. The molecule has 6 nitrogen and oxygen atoms in total. The number of imide groups is 1. The van der Waals surface area contributed by atoms with Gasteiger partial charge in [0.25, 0.3) is 11.8 Å². The summed E-state index contributed by atoms with van der Waals surface area (Å²) in [6.45, 7) is 0. The lowest BCUT2D eigenvalue weighted by molar-refractivity contribution is -0.121. The van der Waals surface area contributed by atoms with E-state index in [4.69, 9.17) is 0 Å². The minimum Gasteiger partial charge on any atom is -0.271 e. The molecule has 22 heavy (non-hydrogen) atoms. The molecule has 2 atom stereocenters. The monoisotopic (exact) mass is 292 g/mol. The Morgan fingerprint density at radius 3 is 2.00 bits per heavy atom. The van der Waals surface area contributed by atoms with Crippen molar-refractivity contribution < 1.29 is 9.59 Å². The molecule has 4 rings (SSSR count). The first-order valence-electron chi connectivity index (χ1n) is 6.95. The van der Waals surface area contributed by atoms with Crippen LogP contribution < -0.4 is 9.91 Å². The molecule has 2 aliphatic rings. The number of para-hydroxylation sites is 2. The number of rotatable bonds is 2. The van der Waals surface area contributed by atoms with E-state index in [1.54, 1.807) is 24.3 Å². The minimum absolute atomic E-state index is 0.296. The standard InChI is InChI=1S/C16H12N4O2/c21-15-13-14(16(22)19(15)11-7-3-1-4-8-11)20(18-17-13)12-9-5-2-6-10-12/h1-10,13-14H/t13-,14+/m1/s1. The minimum atomic E-state index is -0.770. The molecular formula is C16H12N4O2. The van der Waals surface area contributed by atoms with Crippen LogP contribution in [0.1, 0.15) is 0 Å². The van der Waals surface area contributed by atoms with Crippen LogP contribution in [-0.2, 0) is 9.59 Å². The van der Waals surface area contributed by atoms with Gasteiger partial charge in [-0.1, -0.05) is 41.6 Å². The molecule has 6 heteroatoms. The second-order valence-electron chi connectivity index (χ2n) is 5.12. The summed E-state index contributed by atoms with van der Waals surface area (Å²) in [6, 6.07) is 16.7. The first-order valence-corrected chi connectivity index (χ1v) is 6.95. The number of hydrogen-bond donors (Lipinski definition) is 0. The van der Waals surface area contributed by atoms with Gasteiger partial charge in [0.15, 0.2) is 12.1 Å². The summed E-state index contributed by atoms with van der Waals surface area (Å²) in [5.41, 5.74) is 1.31. The second kappa shape index (κ2) is 4.77. The fourth-order valence-corrected chi connectivity index (χ4v) is 2.79. The highest BCUT2D eigenvalue weighted by atomic mass is 16.2. The van der Waals surface area contributed by atoms with Crippen molar-refractivity contribution in [3.05, 3.63) is 60.7 Å². The molecule has 0 aliphatic carbocycles. The van der Waals surface area contributed by atoms with E-state index in [1.807, 2.05) is 36.4 Å². The molecule has 2 aliphatic heterocycles. The van der Waals surface area contributed by atoms with Crippen molar-refractivity contribution in [1.82, 2.24) is 0 Å². The van der Waals surface area contributed by atoms with Crippen molar-refractivity contribution in [1.29, 1.82) is 0 Å². The predicted octanol–water partition coefficient (Wildman–Crippen LogP) is 2.18. The summed E-state index contributed by atoms with van der Waals surface area (Å²) in [4.78, 5) is 26.4. The van der Waals surface area contributed by atoms with Crippen molar-refractivity contribution in [3.8, 4) is 0 Å². The van der Waals surface area contributed by atoms with Crippen molar-refractivity contribution in [2.75, 3.05) is 9.91 Å². The Hall–Kier alpha value is -3.02. The zero-order valence-corrected chi connectivity index (χ0v) is 11.5. The van der Waals surface area contributed by atoms with Crippen molar-refractivity contribution >= 4 is 23.2 Å². The van der Waals surface area contributed by atoms with Gasteiger partial charge in [-0.3, -0.25) is 9.59 Å². The molecule has 0 radical (unpaired) electrons. The molecule has 1 fully saturated rings. The summed E-state index contributed by atoms with van der Waals surface area (Å²) in [5.74, 6) is -0.626. The van der Waals surface area contributed by atoms with Gasteiger partial charge in [-0.25, -0.2) is 9.91 Å². The summed E-state index contributed by atoms with van der Waals surface area (Å²) < 4.78 is 0. The third-order valence-corrected chi connectivity index (χ3v) is 3.82. The molecule has 0 aromatic heterocycles. The number of carbonyl (C=O) groups excluding carboxylic acids is 2. The van der Waals surface area contributed by atoms with Gasteiger partial charge in [-0.05, 0) is 24.3 Å². The van der Waals surface area contributed by atoms with Gasteiger partial charge in [0.2, 0.25) is 0 Å². The molecule has 2 heterocycles. The van der Waals surface area contributed by atoms with Crippen LogP contribution in [0.3, 0.4) is 0 Å². The summed E-state index contributed by atoms with van der Waals surface area (Å²) in [7, 11) is 0. The summed E-state index contributed by atoms with van der Waals surface area (Å²) >= 11 is 0. The quantitative estimate of drug-likeness (QED) is 0.797. The fraction of sp³-hybridized carbons (Fsp3) is 0.125. The van der Waals surface area contributed by atoms with E-state index in [2.05, 4.69) is 10.3 Å². The number of carbonyl (C=O) groups is 2. The van der Waals surface area contributed by atoms with Crippen LogP contribution in [0.2, 0.25) is 0 Å². The number of amides is 2. The first-order chi connectivity index (χ1) is 10.8. The van der Waals surface area contributed by atoms with E-state index in [-0.39, 0.29) is 11.8 Å². The Bertz CT molecular complexity index is 760. The van der Waals surface area contributed by atoms with Gasteiger partial charge < -0.3 is 0 Å². The fourth-order valence-electron chi connectivity index (χ4n) is 2.79. The first kappa shape index (κ1) is 12.7. The van der Waals surface area contributed by atoms with E-state index in [0.29, 0.717) is 5.69 Å². The SMILES string of the molecule is O=C1[C@@H]2[C@@H](N=NN2c2ccccc2)C(=O)N1c1ccccc1. The lowest BCUT2D eigenvalue weighted by atomic mass is 10.1. The van der Waals surface area contributed by atoms with Crippen LogP contribution >= 0.6 is 0 Å². The van der Waals surface area contributed by atoms with Gasteiger partial charge in [0, 0.05) is 0 Å². The van der Waals surface area contributed by atoms with Crippen molar-refractivity contribution in [2.24, 2.45) is 10.3 Å². The van der Waals surface area contributed by atoms with Crippen molar-refractivity contribution in [2.45, 2.75) is 12.1 Å². The van der Waals surface area contributed by atoms with Gasteiger partial charge in [-0.15, -0.1) is 0 Å². The molecule has 1 saturated heterocycles. The molecule has 2 aromatic rings. The maximum atomic E-state index is 12.7. The topological polar surface area (TPSA) is 65.3 Å². The summed E-state index contributed by atoms with van der Waals surface area (Å²) in [6.07, 6.45) is 0. The Kier molecular flexibility index (Phi) is 2.75. The molecule has 0 saturated carbocycles. The number of anilines is 2. The Morgan fingerprint density at radius 2 is 1.36 bits per heavy atom. The van der Waals surface area contributed by atoms with Gasteiger partial charge in [-0.2, -0.15) is 5.11 Å². The Labute approximate surface area is 126 Å². The highest BCUT2D eigenvalue weighted by Crippen LogP contribution is 2.34. The van der Waals surface area contributed by atoms with E-state index in [0.717, 1.165) is 5.69 Å². The van der Waals surface area contributed by atoms with Crippen molar-refractivity contribution in [3.63, 3.8) is 0 Å². The highest BCUT2D eigenvalue weighted by Gasteiger charge is 2.55. The van der Waals surface area contributed by atoms with Crippen LogP contribution in [-0.4, -0.2) is 23.9 Å². The van der Waals surface area contributed by atoms with E-state index in [9.17, 15) is 9.59 Å². The van der Waals surface area contributed by atoms with Crippen LogP contribution in [0.15, 0.2) is 71.0 Å². The average molecular weight is 292 g/mol. The van der Waals surface area contributed by atoms with E-state index in [1.165, 1.54) is 9.91 Å². The van der Waals surface area contributed by atoms with Gasteiger partial charge in [0.1, 0.15) is 0 Å². The Balaban J connectivity index is 1.72. The number of nitrogens with zero attached hydrogens (tertiary/aromatic N) is 4. The number of fused-ring (bicyclic) bond motifs is 1. The lowest BCUT2D eigenvalue weighted by Crippen LogP contribution is -2.39. The molecule has 0 N–H and O–H groups in total. The van der Waals surface area contributed by atoms with Crippen LogP contribution in [0, 0.1) is 0 Å². The van der Waals surface area contributed by atoms with Gasteiger partial charge >= 0.3 is 0 Å². The maximum absolute atomic E-state index is 12.7. The van der Waals surface area contributed by atoms with Crippen LogP contribution in [0.25, 0.3) is 0 Å². The zero-order chi connectivity index (χ0) is 15.1. The smallest absolute Gasteiger partial charge is 0.263 e.